The van der Waals surface area contributed by atoms with E-state index in [-0.39, 0.29) is 23.9 Å². The molecule has 0 radical (unpaired) electrons. The summed E-state index contributed by atoms with van der Waals surface area (Å²) in [6, 6.07) is 30.2. The van der Waals surface area contributed by atoms with Crippen molar-refractivity contribution in [2.24, 2.45) is 5.92 Å². The molecule has 0 aliphatic carbocycles. The van der Waals surface area contributed by atoms with Gasteiger partial charge < -0.3 is 24.1 Å². The van der Waals surface area contributed by atoms with Crippen molar-refractivity contribution in [2.75, 3.05) is 6.61 Å². The van der Waals surface area contributed by atoms with E-state index in [2.05, 4.69) is 41.9 Å². The summed E-state index contributed by atoms with van der Waals surface area (Å²) in [6.45, 7) is 7.69. The molecule has 7 heteroatoms. The maximum absolute atomic E-state index is 11.5. The van der Waals surface area contributed by atoms with E-state index in [0.717, 1.165) is 34.4 Å². The fourth-order valence-corrected chi connectivity index (χ4v) is 6.57. The molecule has 0 unspecified atom stereocenters. The number of rotatable bonds is 12. The molecule has 1 saturated heterocycles. The summed E-state index contributed by atoms with van der Waals surface area (Å²) >= 11 is 10.4. The van der Waals surface area contributed by atoms with Crippen molar-refractivity contribution in [1.29, 1.82) is 0 Å². The highest BCUT2D eigenvalue weighted by molar-refractivity contribution is 9.10. The van der Waals surface area contributed by atoms with Crippen LogP contribution in [0.5, 0.6) is 11.5 Å². The Morgan fingerprint density at radius 3 is 1.98 bits per heavy atom. The van der Waals surface area contributed by atoms with Gasteiger partial charge in [0.1, 0.15) is 23.7 Å². The molecule has 0 bridgehead atoms. The van der Waals surface area contributed by atoms with E-state index in [1.807, 2.05) is 85.8 Å². The molecule has 0 amide bonds. The highest BCUT2D eigenvalue weighted by Gasteiger charge is 2.46. The van der Waals surface area contributed by atoms with Gasteiger partial charge in [-0.25, -0.2) is 0 Å². The van der Waals surface area contributed by atoms with Crippen molar-refractivity contribution in [3.8, 4) is 11.5 Å². The van der Waals surface area contributed by atoms with Gasteiger partial charge in [-0.2, -0.15) is 0 Å². The van der Waals surface area contributed by atoms with Gasteiger partial charge in [0.25, 0.3) is 0 Å². The first-order chi connectivity index (χ1) is 21.4. The summed E-state index contributed by atoms with van der Waals surface area (Å²) < 4.78 is 26.2. The zero-order valence-corrected chi connectivity index (χ0v) is 27.8. The van der Waals surface area contributed by atoms with Gasteiger partial charge in [-0.05, 0) is 76.1 Å². The molecule has 44 heavy (non-hydrogen) atoms. The minimum atomic E-state index is -0.590. The second-order valence-corrected chi connectivity index (χ2v) is 12.4. The van der Waals surface area contributed by atoms with Gasteiger partial charge in [0.2, 0.25) is 0 Å². The Kier molecular flexibility index (Phi) is 11.4. The number of ether oxygens (including phenoxy) is 4. The van der Waals surface area contributed by atoms with Crippen LogP contribution in [-0.2, 0) is 33.8 Å². The maximum atomic E-state index is 11.5. The molecule has 4 aromatic carbocycles. The van der Waals surface area contributed by atoms with Gasteiger partial charge >= 0.3 is 0 Å². The zero-order valence-electron chi connectivity index (χ0n) is 25.4. The van der Waals surface area contributed by atoms with Crippen LogP contribution >= 0.6 is 27.5 Å². The van der Waals surface area contributed by atoms with Crippen LogP contribution in [0.3, 0.4) is 0 Å². The zero-order chi connectivity index (χ0) is 31.1. The third-order valence-electron chi connectivity index (χ3n) is 8.24. The fraction of sp³-hybridized carbons (Fsp3) is 0.351. The highest BCUT2D eigenvalue weighted by atomic mass is 79.9. The number of phenols is 1. The molecule has 1 aliphatic rings. The van der Waals surface area contributed by atoms with Crippen LogP contribution in [0.4, 0.5) is 0 Å². The predicted molar refractivity (Wildman–Crippen MR) is 178 cm³/mol. The van der Waals surface area contributed by atoms with Crippen LogP contribution < -0.4 is 4.74 Å². The number of halogens is 2. The minimum absolute atomic E-state index is 0.0509. The molecule has 0 spiro atoms. The number of hydrogen-bond acceptors (Lipinski definition) is 5. The van der Waals surface area contributed by atoms with Crippen LogP contribution in [0, 0.1) is 5.92 Å². The van der Waals surface area contributed by atoms with Crippen molar-refractivity contribution in [3.63, 3.8) is 0 Å². The third kappa shape index (κ3) is 7.67. The largest absolute Gasteiger partial charge is 0.506 e. The highest BCUT2D eigenvalue weighted by Crippen LogP contribution is 2.47. The lowest BCUT2D eigenvalue weighted by Crippen LogP contribution is -2.51. The summed E-state index contributed by atoms with van der Waals surface area (Å²) in [6.07, 6.45) is -0.0990. The molecule has 232 valence electrons. The molecule has 1 fully saturated rings. The molecule has 5 rings (SSSR count). The Morgan fingerprint density at radius 2 is 1.41 bits per heavy atom. The van der Waals surface area contributed by atoms with Crippen LogP contribution in [-0.4, -0.2) is 30.0 Å². The van der Waals surface area contributed by atoms with Crippen LogP contribution in [0.25, 0.3) is 0 Å². The summed E-state index contributed by atoms with van der Waals surface area (Å²) in [4.78, 5) is 0. The maximum Gasteiger partial charge on any atom is 0.137 e. The first-order valence-corrected chi connectivity index (χ1v) is 16.4. The van der Waals surface area contributed by atoms with Crippen molar-refractivity contribution >= 4 is 27.5 Å². The molecule has 1 heterocycles. The van der Waals surface area contributed by atoms with Gasteiger partial charge in [0, 0.05) is 11.5 Å². The van der Waals surface area contributed by atoms with Crippen molar-refractivity contribution < 1.29 is 24.1 Å². The summed E-state index contributed by atoms with van der Waals surface area (Å²) in [5.41, 5.74) is 4.71. The molecule has 5 atom stereocenters. The second-order valence-electron chi connectivity index (χ2n) is 11.2. The quantitative estimate of drug-likeness (QED) is 0.162. The van der Waals surface area contributed by atoms with E-state index in [1.54, 1.807) is 0 Å². The van der Waals surface area contributed by atoms with E-state index in [9.17, 15) is 5.11 Å². The normalized spacial score (nSPS) is 21.7. The van der Waals surface area contributed by atoms with Gasteiger partial charge in [0.05, 0.1) is 41.5 Å². The van der Waals surface area contributed by atoms with Crippen molar-refractivity contribution in [1.82, 2.24) is 0 Å². The molecule has 0 saturated carbocycles. The van der Waals surface area contributed by atoms with E-state index in [4.69, 9.17) is 30.5 Å². The molecule has 1 N–H and O–H groups in total. The smallest absolute Gasteiger partial charge is 0.137 e. The molecule has 4 aromatic rings. The Balaban J connectivity index is 1.51. The summed E-state index contributed by atoms with van der Waals surface area (Å²) in [5.74, 6) is 0.933. The van der Waals surface area contributed by atoms with E-state index in [0.29, 0.717) is 41.3 Å². The summed E-state index contributed by atoms with van der Waals surface area (Å²) in [5, 5.41) is 12.0. The molecule has 0 aromatic heterocycles. The van der Waals surface area contributed by atoms with Gasteiger partial charge in [-0.15, -0.1) is 0 Å². The van der Waals surface area contributed by atoms with Crippen LogP contribution in [0.1, 0.15) is 61.1 Å². The summed E-state index contributed by atoms with van der Waals surface area (Å²) in [7, 11) is 0. The Hall–Kier alpha value is -2.87. The Morgan fingerprint density at radius 1 is 0.818 bits per heavy atom. The molecule has 5 nitrogen and oxygen atoms in total. The lowest BCUT2D eigenvalue weighted by Gasteiger charge is -2.46. The van der Waals surface area contributed by atoms with Crippen molar-refractivity contribution in [2.45, 2.75) is 71.2 Å². The van der Waals surface area contributed by atoms with Crippen LogP contribution in [0.2, 0.25) is 5.02 Å². The van der Waals surface area contributed by atoms with Crippen LogP contribution in [0.15, 0.2) is 95.5 Å². The fourth-order valence-electron chi connectivity index (χ4n) is 5.88. The SMILES string of the molecule is CCOc1ccc(Cc2cc([C@@H]3O[C@H](CC)[C@@H](C)[C@H](OCc4ccccc4)[C@H]3OCc3ccccc3)c(O)c(Br)c2Cl)cc1. The Bertz CT molecular complexity index is 1480. The average molecular weight is 680 g/mol. The minimum Gasteiger partial charge on any atom is -0.506 e. The monoisotopic (exact) mass is 678 g/mol. The van der Waals surface area contributed by atoms with Gasteiger partial charge in [0.15, 0.2) is 0 Å². The van der Waals surface area contributed by atoms with Crippen molar-refractivity contribution in [3.05, 3.63) is 128 Å². The van der Waals surface area contributed by atoms with E-state index in [1.165, 1.54) is 0 Å². The van der Waals surface area contributed by atoms with E-state index < -0.39 is 12.2 Å². The number of aromatic hydroxyl groups is 1. The number of hydrogen-bond donors (Lipinski definition) is 1. The molecular weight excluding hydrogens is 640 g/mol. The van der Waals surface area contributed by atoms with Gasteiger partial charge in [-0.1, -0.05) is 98.2 Å². The first-order valence-electron chi connectivity index (χ1n) is 15.3. The first kappa shape index (κ1) is 32.5. The number of benzene rings is 4. The second kappa shape index (κ2) is 15.4. The topological polar surface area (TPSA) is 57.2 Å². The standard InChI is InChI=1S/C37H40BrClO5/c1-4-31-24(3)35(42-22-26-12-8-6-9-13-26)37(43-23-27-14-10-7-11-15-27)36(44-31)30-21-28(33(39)32(38)34(30)40)20-25-16-18-29(19-17-25)41-5-2/h6-19,21,24,31,35-37,40H,4-5,20,22-23H2,1-3H3/t24-,31-,35+,36+,37-/m1/s1. The van der Waals surface area contributed by atoms with E-state index >= 15 is 0 Å². The predicted octanol–water partition coefficient (Wildman–Crippen LogP) is 9.45. The third-order valence-corrected chi connectivity index (χ3v) is 9.67. The lowest BCUT2D eigenvalue weighted by molar-refractivity contribution is -0.235. The average Bonchev–Trinajstić information content (AvgIpc) is 3.05. The Labute approximate surface area is 274 Å². The van der Waals surface area contributed by atoms with Gasteiger partial charge in [-0.3, -0.25) is 0 Å². The lowest BCUT2D eigenvalue weighted by atomic mass is 9.83. The molecule has 1 aliphatic heterocycles. The molecular formula is C37H40BrClO5. The number of phenolic OH excluding ortho intramolecular Hbond substituents is 1.